The lowest BCUT2D eigenvalue weighted by atomic mass is 10.2. The number of hydrogen-bond acceptors (Lipinski definition) is 5. The van der Waals surface area contributed by atoms with Crippen LogP contribution in [-0.2, 0) is 19.4 Å². The van der Waals surface area contributed by atoms with E-state index < -0.39 is 15.9 Å². The fourth-order valence-corrected chi connectivity index (χ4v) is 2.09. The number of carbonyl (C=O) groups is 1. The quantitative estimate of drug-likeness (QED) is 0.623. The van der Waals surface area contributed by atoms with E-state index in [0.717, 1.165) is 6.42 Å². The monoisotopic (exact) mass is 265 g/mol. The maximum Gasteiger partial charge on any atom is 0.323 e. The zero-order valence-electron chi connectivity index (χ0n) is 10.9. The summed E-state index contributed by atoms with van der Waals surface area (Å²) in [5.41, 5.74) is 0. The maximum atomic E-state index is 11.5. The molecule has 0 aliphatic rings. The lowest BCUT2D eigenvalue weighted by Crippen LogP contribution is -2.40. The van der Waals surface area contributed by atoms with Crippen LogP contribution in [0.5, 0.6) is 0 Å². The van der Waals surface area contributed by atoms with E-state index in [1.165, 1.54) is 0 Å². The highest BCUT2D eigenvalue weighted by molar-refractivity contribution is 7.91. The molecule has 0 spiro atoms. The number of esters is 1. The molecule has 1 N–H and O–H groups in total. The van der Waals surface area contributed by atoms with Gasteiger partial charge in [-0.2, -0.15) is 0 Å². The van der Waals surface area contributed by atoms with Gasteiger partial charge in [-0.25, -0.2) is 8.42 Å². The van der Waals surface area contributed by atoms with Crippen LogP contribution in [0.2, 0.25) is 0 Å². The summed E-state index contributed by atoms with van der Waals surface area (Å²) in [6.45, 7) is 5.97. The molecule has 0 aromatic rings. The predicted octanol–water partition coefficient (Wildman–Crippen LogP) is 0.743. The van der Waals surface area contributed by atoms with Crippen molar-refractivity contribution in [2.75, 3.05) is 24.7 Å². The van der Waals surface area contributed by atoms with E-state index >= 15 is 0 Å². The van der Waals surface area contributed by atoms with Crippen molar-refractivity contribution in [2.24, 2.45) is 0 Å². The molecule has 1 unspecified atom stereocenters. The summed E-state index contributed by atoms with van der Waals surface area (Å²) < 4.78 is 27.5. The SMILES string of the molecule is CCCC(NCCS(=O)(=O)CC)C(=O)OCC. The second kappa shape index (κ2) is 8.47. The van der Waals surface area contributed by atoms with Crippen molar-refractivity contribution >= 4 is 15.8 Å². The van der Waals surface area contributed by atoms with E-state index in [1.54, 1.807) is 13.8 Å². The molecule has 0 aromatic heterocycles. The molecule has 0 radical (unpaired) electrons. The van der Waals surface area contributed by atoms with Gasteiger partial charge in [-0.15, -0.1) is 0 Å². The summed E-state index contributed by atoms with van der Waals surface area (Å²) in [6.07, 6.45) is 1.50. The Morgan fingerprint density at radius 3 is 2.41 bits per heavy atom. The van der Waals surface area contributed by atoms with Gasteiger partial charge in [0, 0.05) is 12.3 Å². The molecule has 0 rings (SSSR count). The van der Waals surface area contributed by atoms with Gasteiger partial charge in [0.15, 0.2) is 9.84 Å². The van der Waals surface area contributed by atoms with Gasteiger partial charge < -0.3 is 10.1 Å². The van der Waals surface area contributed by atoms with E-state index in [0.29, 0.717) is 19.6 Å². The third-order valence-electron chi connectivity index (χ3n) is 2.39. The fraction of sp³-hybridized carbons (Fsp3) is 0.909. The van der Waals surface area contributed by atoms with Gasteiger partial charge in [-0.1, -0.05) is 20.3 Å². The Bertz CT molecular complexity index is 313. The molecule has 5 nitrogen and oxygen atoms in total. The smallest absolute Gasteiger partial charge is 0.323 e. The van der Waals surface area contributed by atoms with Crippen LogP contribution in [0.3, 0.4) is 0 Å². The molecule has 1 atom stereocenters. The highest BCUT2D eigenvalue weighted by Gasteiger charge is 2.18. The van der Waals surface area contributed by atoms with Crippen LogP contribution in [0.15, 0.2) is 0 Å². The minimum atomic E-state index is -2.98. The average Bonchev–Trinajstić information content (AvgIpc) is 2.28. The van der Waals surface area contributed by atoms with Crippen molar-refractivity contribution < 1.29 is 17.9 Å². The number of carbonyl (C=O) groups excluding carboxylic acids is 1. The van der Waals surface area contributed by atoms with Crippen LogP contribution in [0.4, 0.5) is 0 Å². The average molecular weight is 265 g/mol. The van der Waals surface area contributed by atoms with Gasteiger partial charge >= 0.3 is 5.97 Å². The highest BCUT2D eigenvalue weighted by atomic mass is 32.2. The topological polar surface area (TPSA) is 72.5 Å². The van der Waals surface area contributed by atoms with Crippen molar-refractivity contribution in [1.29, 1.82) is 0 Å². The van der Waals surface area contributed by atoms with Crippen molar-refractivity contribution in [3.8, 4) is 0 Å². The second-order valence-corrected chi connectivity index (χ2v) is 6.26. The third kappa shape index (κ3) is 7.33. The molecule has 0 aromatic carbocycles. The first kappa shape index (κ1) is 16.4. The molecule has 6 heteroatoms. The van der Waals surface area contributed by atoms with Gasteiger partial charge in [-0.05, 0) is 13.3 Å². The van der Waals surface area contributed by atoms with E-state index in [2.05, 4.69) is 5.32 Å². The Morgan fingerprint density at radius 1 is 1.29 bits per heavy atom. The number of rotatable bonds is 9. The van der Waals surface area contributed by atoms with Crippen LogP contribution in [-0.4, -0.2) is 45.1 Å². The highest BCUT2D eigenvalue weighted by Crippen LogP contribution is 2.00. The summed E-state index contributed by atoms with van der Waals surface area (Å²) in [6, 6.07) is -0.396. The van der Waals surface area contributed by atoms with E-state index in [4.69, 9.17) is 4.74 Å². The molecular formula is C11H23NO4S. The molecule has 0 heterocycles. The number of sulfone groups is 1. The molecule has 17 heavy (non-hydrogen) atoms. The van der Waals surface area contributed by atoms with Gasteiger partial charge in [0.2, 0.25) is 0 Å². The Kier molecular flexibility index (Phi) is 8.16. The van der Waals surface area contributed by atoms with E-state index in [1.807, 2.05) is 6.92 Å². The Morgan fingerprint density at radius 2 is 1.94 bits per heavy atom. The molecule has 102 valence electrons. The molecule has 0 saturated carbocycles. The lowest BCUT2D eigenvalue weighted by Gasteiger charge is -2.16. The first-order chi connectivity index (χ1) is 7.96. The van der Waals surface area contributed by atoms with E-state index in [9.17, 15) is 13.2 Å². The predicted molar refractivity (Wildman–Crippen MR) is 67.7 cm³/mol. The molecule has 0 aliphatic carbocycles. The van der Waals surface area contributed by atoms with Gasteiger partial charge in [0.1, 0.15) is 6.04 Å². The molecule has 0 aliphatic heterocycles. The first-order valence-electron chi connectivity index (χ1n) is 6.07. The summed E-state index contributed by atoms with van der Waals surface area (Å²) in [5.74, 6) is -0.112. The summed E-state index contributed by atoms with van der Waals surface area (Å²) >= 11 is 0. The van der Waals surface area contributed by atoms with Gasteiger partial charge in [-0.3, -0.25) is 4.79 Å². The van der Waals surface area contributed by atoms with Crippen LogP contribution in [0, 0.1) is 0 Å². The Labute approximate surface area is 104 Å². The molecule has 0 fully saturated rings. The Hall–Kier alpha value is -0.620. The van der Waals surface area contributed by atoms with Crippen molar-refractivity contribution in [2.45, 2.75) is 39.7 Å². The number of nitrogens with one attached hydrogen (secondary N) is 1. The summed E-state index contributed by atoms with van der Waals surface area (Å²) in [7, 11) is -2.98. The number of ether oxygens (including phenoxy) is 1. The molecular weight excluding hydrogens is 242 g/mol. The van der Waals surface area contributed by atoms with Crippen LogP contribution >= 0.6 is 0 Å². The van der Waals surface area contributed by atoms with Crippen LogP contribution in [0.25, 0.3) is 0 Å². The van der Waals surface area contributed by atoms with E-state index in [-0.39, 0.29) is 17.5 Å². The molecule has 0 saturated heterocycles. The fourth-order valence-electron chi connectivity index (χ4n) is 1.37. The summed E-state index contributed by atoms with van der Waals surface area (Å²) in [5, 5.41) is 2.94. The van der Waals surface area contributed by atoms with Crippen molar-refractivity contribution in [1.82, 2.24) is 5.32 Å². The summed E-state index contributed by atoms with van der Waals surface area (Å²) in [4.78, 5) is 11.5. The zero-order chi connectivity index (χ0) is 13.3. The lowest BCUT2D eigenvalue weighted by molar-refractivity contribution is -0.145. The third-order valence-corrected chi connectivity index (χ3v) is 4.10. The molecule has 0 amide bonds. The van der Waals surface area contributed by atoms with Crippen molar-refractivity contribution in [3.63, 3.8) is 0 Å². The number of hydrogen-bond donors (Lipinski definition) is 1. The normalized spacial score (nSPS) is 13.4. The van der Waals surface area contributed by atoms with Crippen LogP contribution < -0.4 is 5.32 Å². The first-order valence-corrected chi connectivity index (χ1v) is 7.89. The largest absolute Gasteiger partial charge is 0.465 e. The van der Waals surface area contributed by atoms with Gasteiger partial charge in [0.25, 0.3) is 0 Å². The minimum Gasteiger partial charge on any atom is -0.465 e. The molecule has 0 bridgehead atoms. The van der Waals surface area contributed by atoms with Crippen LogP contribution in [0.1, 0.15) is 33.6 Å². The maximum absolute atomic E-state index is 11.5. The van der Waals surface area contributed by atoms with Gasteiger partial charge in [0.05, 0.1) is 12.4 Å². The van der Waals surface area contributed by atoms with Crippen molar-refractivity contribution in [3.05, 3.63) is 0 Å². The Balaban J connectivity index is 4.14. The second-order valence-electron chi connectivity index (χ2n) is 3.78. The minimum absolute atomic E-state index is 0.0587. The standard InChI is InChI=1S/C11H23NO4S/c1-4-7-10(11(13)16-5-2)12-8-9-17(14,15)6-3/h10,12H,4-9H2,1-3H3. The zero-order valence-corrected chi connectivity index (χ0v) is 11.7.